The van der Waals surface area contributed by atoms with Gasteiger partial charge in [-0.15, -0.1) is 0 Å². The third-order valence-electron chi connectivity index (χ3n) is 8.40. The van der Waals surface area contributed by atoms with Crippen molar-refractivity contribution in [1.82, 2.24) is 0 Å². The van der Waals surface area contributed by atoms with Gasteiger partial charge in [0.1, 0.15) is 0 Å². The second kappa shape index (κ2) is 6.48. The van der Waals surface area contributed by atoms with Gasteiger partial charge in [-0.1, -0.05) is 53.4 Å². The third-order valence-corrected chi connectivity index (χ3v) is 8.40. The van der Waals surface area contributed by atoms with Crippen molar-refractivity contribution in [3.05, 3.63) is 0 Å². The molecule has 0 aromatic rings. The Labute approximate surface area is 139 Å². The first-order valence-electron chi connectivity index (χ1n) is 10.4. The lowest BCUT2D eigenvalue weighted by Gasteiger charge is -2.46. The molecule has 3 aliphatic carbocycles. The normalized spacial score (nSPS) is 45.3. The van der Waals surface area contributed by atoms with Crippen LogP contribution in [0.3, 0.4) is 0 Å². The summed E-state index contributed by atoms with van der Waals surface area (Å²) in [6.45, 7) is 10.3. The van der Waals surface area contributed by atoms with E-state index in [2.05, 4.69) is 27.7 Å². The summed E-state index contributed by atoms with van der Waals surface area (Å²) >= 11 is 0. The quantitative estimate of drug-likeness (QED) is 0.482. The predicted octanol–water partition coefficient (Wildman–Crippen LogP) is 7.23. The van der Waals surface area contributed by atoms with Crippen LogP contribution < -0.4 is 0 Å². The van der Waals surface area contributed by atoms with E-state index in [0.29, 0.717) is 5.41 Å². The Kier molecular flexibility index (Phi) is 4.96. The van der Waals surface area contributed by atoms with E-state index >= 15 is 0 Å². The largest absolute Gasteiger partial charge is 0.0622 e. The van der Waals surface area contributed by atoms with Crippen molar-refractivity contribution in [3.8, 4) is 0 Å². The zero-order valence-corrected chi connectivity index (χ0v) is 15.8. The van der Waals surface area contributed by atoms with Gasteiger partial charge in [-0.05, 0) is 85.9 Å². The molecule has 0 saturated heterocycles. The van der Waals surface area contributed by atoms with Crippen LogP contribution in [-0.2, 0) is 0 Å². The monoisotopic (exact) mass is 304 g/mol. The third kappa shape index (κ3) is 3.27. The fourth-order valence-corrected chi connectivity index (χ4v) is 6.63. The highest BCUT2D eigenvalue weighted by atomic mass is 14.5. The average molecular weight is 305 g/mol. The van der Waals surface area contributed by atoms with Crippen LogP contribution in [0.5, 0.6) is 0 Å². The zero-order valence-electron chi connectivity index (χ0n) is 15.8. The average Bonchev–Trinajstić information content (AvgIpc) is 2.77. The number of hydrogen-bond acceptors (Lipinski definition) is 0. The molecule has 0 heteroatoms. The van der Waals surface area contributed by atoms with Crippen molar-refractivity contribution < 1.29 is 0 Å². The van der Waals surface area contributed by atoms with Gasteiger partial charge in [0.15, 0.2) is 0 Å². The Balaban J connectivity index is 1.64. The fraction of sp³-hybridized carbons (Fsp3) is 1.00. The Bertz CT molecular complexity index is 368. The predicted molar refractivity (Wildman–Crippen MR) is 96.9 cm³/mol. The molecule has 128 valence electrons. The second-order valence-electron chi connectivity index (χ2n) is 10.2. The molecule has 0 radical (unpaired) electrons. The maximum atomic E-state index is 2.62. The first-order valence-corrected chi connectivity index (χ1v) is 10.4. The Morgan fingerprint density at radius 3 is 2.41 bits per heavy atom. The summed E-state index contributed by atoms with van der Waals surface area (Å²) in [6, 6.07) is 0. The Morgan fingerprint density at radius 1 is 0.773 bits per heavy atom. The van der Waals surface area contributed by atoms with E-state index < -0.39 is 0 Å². The van der Waals surface area contributed by atoms with Gasteiger partial charge in [-0.2, -0.15) is 0 Å². The highest BCUT2D eigenvalue weighted by Crippen LogP contribution is 2.57. The van der Waals surface area contributed by atoms with E-state index in [9.17, 15) is 0 Å². The number of hydrogen-bond donors (Lipinski definition) is 0. The first-order chi connectivity index (χ1) is 10.4. The highest BCUT2D eigenvalue weighted by Gasteiger charge is 2.47. The maximum Gasteiger partial charge on any atom is -0.0295 e. The van der Waals surface area contributed by atoms with Crippen LogP contribution in [-0.4, -0.2) is 0 Å². The molecule has 5 atom stereocenters. The lowest BCUT2D eigenvalue weighted by molar-refractivity contribution is 0.0333. The molecular formula is C22H40. The summed E-state index contributed by atoms with van der Waals surface area (Å²) in [7, 11) is 0. The van der Waals surface area contributed by atoms with Crippen molar-refractivity contribution in [1.29, 1.82) is 0 Å². The van der Waals surface area contributed by atoms with Crippen molar-refractivity contribution in [2.24, 2.45) is 34.5 Å². The Hall–Kier alpha value is 0. The van der Waals surface area contributed by atoms with E-state index in [1.807, 2.05) is 0 Å². The smallest absolute Gasteiger partial charge is 0.0295 e. The summed E-state index contributed by atoms with van der Waals surface area (Å²) in [5.74, 6) is 4.09. The summed E-state index contributed by atoms with van der Waals surface area (Å²) < 4.78 is 0. The van der Waals surface area contributed by atoms with Crippen LogP contribution in [0.4, 0.5) is 0 Å². The van der Waals surface area contributed by atoms with E-state index in [0.717, 1.165) is 29.1 Å². The van der Waals surface area contributed by atoms with Crippen molar-refractivity contribution in [3.63, 3.8) is 0 Å². The molecule has 0 spiro atoms. The van der Waals surface area contributed by atoms with Crippen molar-refractivity contribution in [2.45, 2.75) is 105 Å². The molecule has 22 heavy (non-hydrogen) atoms. The molecule has 0 heterocycles. The van der Waals surface area contributed by atoms with Gasteiger partial charge in [-0.25, -0.2) is 0 Å². The van der Waals surface area contributed by atoms with Crippen LogP contribution >= 0.6 is 0 Å². The molecule has 3 rings (SSSR count). The second-order valence-corrected chi connectivity index (χ2v) is 10.2. The summed E-state index contributed by atoms with van der Waals surface area (Å²) in [4.78, 5) is 0. The van der Waals surface area contributed by atoms with Gasteiger partial charge >= 0.3 is 0 Å². The van der Waals surface area contributed by atoms with Crippen LogP contribution in [0.2, 0.25) is 0 Å². The van der Waals surface area contributed by atoms with Crippen molar-refractivity contribution in [2.75, 3.05) is 0 Å². The van der Waals surface area contributed by atoms with Crippen LogP contribution in [0, 0.1) is 34.5 Å². The lowest BCUT2D eigenvalue weighted by Crippen LogP contribution is -2.38. The summed E-state index contributed by atoms with van der Waals surface area (Å²) in [5, 5.41) is 0. The van der Waals surface area contributed by atoms with E-state index in [-0.39, 0.29) is 0 Å². The van der Waals surface area contributed by atoms with Gasteiger partial charge in [0.2, 0.25) is 0 Å². The van der Waals surface area contributed by atoms with E-state index in [1.54, 1.807) is 6.42 Å². The number of fused-ring (bicyclic) bond motifs is 1. The minimum Gasteiger partial charge on any atom is -0.0622 e. The lowest BCUT2D eigenvalue weighted by atomic mass is 9.59. The van der Waals surface area contributed by atoms with Crippen LogP contribution in [0.25, 0.3) is 0 Å². The molecule has 0 aromatic heterocycles. The zero-order chi connectivity index (χ0) is 15.8. The molecular weight excluding hydrogens is 264 g/mol. The molecule has 3 saturated carbocycles. The van der Waals surface area contributed by atoms with Gasteiger partial charge in [0, 0.05) is 0 Å². The van der Waals surface area contributed by atoms with Gasteiger partial charge in [0.25, 0.3) is 0 Å². The number of rotatable bonds is 3. The Morgan fingerprint density at radius 2 is 1.59 bits per heavy atom. The molecule has 4 unspecified atom stereocenters. The molecule has 3 fully saturated rings. The summed E-state index contributed by atoms with van der Waals surface area (Å²) in [5.41, 5.74) is 1.32. The van der Waals surface area contributed by atoms with E-state index in [1.165, 1.54) is 70.6 Å². The first kappa shape index (κ1) is 16.8. The summed E-state index contributed by atoms with van der Waals surface area (Å²) in [6.07, 6.45) is 18.1. The molecule has 0 amide bonds. The molecule has 0 aliphatic heterocycles. The molecule has 0 aromatic carbocycles. The standard InChI is InChI=1S/C22H40/c1-17-13-16-22(4)15-8-10-20(22)19(17)12-11-18-9-6-5-7-14-21(18,2)3/h17-20H,5-16H2,1-4H3/t17?,18?,19?,20?,22-/m0/s1. The fourth-order valence-electron chi connectivity index (χ4n) is 6.63. The molecule has 3 aliphatic rings. The SMILES string of the molecule is CC1CC[C@]2(C)CCCC2C1CCC1CCCCCC1(C)C. The van der Waals surface area contributed by atoms with Gasteiger partial charge < -0.3 is 0 Å². The van der Waals surface area contributed by atoms with E-state index in [4.69, 9.17) is 0 Å². The highest BCUT2D eigenvalue weighted by molar-refractivity contribution is 4.97. The molecule has 0 nitrogen and oxygen atoms in total. The minimum absolute atomic E-state index is 0.605. The van der Waals surface area contributed by atoms with Crippen LogP contribution in [0.1, 0.15) is 105 Å². The minimum atomic E-state index is 0.605. The van der Waals surface area contributed by atoms with Gasteiger partial charge in [0.05, 0.1) is 0 Å². The van der Waals surface area contributed by atoms with Gasteiger partial charge in [-0.3, -0.25) is 0 Å². The molecule has 0 bridgehead atoms. The maximum absolute atomic E-state index is 2.62. The van der Waals surface area contributed by atoms with Crippen LogP contribution in [0.15, 0.2) is 0 Å². The molecule has 0 N–H and O–H groups in total. The topological polar surface area (TPSA) is 0 Å². The van der Waals surface area contributed by atoms with Crippen molar-refractivity contribution >= 4 is 0 Å².